The van der Waals surface area contributed by atoms with Gasteiger partial charge in [0.2, 0.25) is 20.0 Å². The Balaban J connectivity index is 1.91. The summed E-state index contributed by atoms with van der Waals surface area (Å²) in [6.07, 6.45) is 0. The molecular formula is C22H28ClN3O6S2. The smallest absolute Gasteiger partial charge is 0.257 e. The van der Waals surface area contributed by atoms with Crippen LogP contribution in [0.2, 0.25) is 5.02 Å². The fraction of sp³-hybridized carbons (Fsp3) is 0.409. The second-order valence-electron chi connectivity index (χ2n) is 7.68. The minimum Gasteiger partial charge on any atom is -0.379 e. The first-order valence-corrected chi connectivity index (χ1v) is 14.1. The van der Waals surface area contributed by atoms with Crippen LogP contribution < -0.4 is 5.32 Å². The maximum atomic E-state index is 13.1. The highest BCUT2D eigenvalue weighted by Crippen LogP contribution is 2.27. The molecule has 0 aliphatic carbocycles. The molecule has 0 atom stereocenters. The normalized spacial score (nSPS) is 15.4. The lowest BCUT2D eigenvalue weighted by atomic mass is 10.2. The monoisotopic (exact) mass is 529 g/mol. The van der Waals surface area contributed by atoms with E-state index in [1.165, 1.54) is 32.9 Å². The summed E-state index contributed by atoms with van der Waals surface area (Å²) in [6.45, 7) is 6.84. The second-order valence-corrected chi connectivity index (χ2v) is 11.9. The Morgan fingerprint density at radius 3 is 2.32 bits per heavy atom. The molecule has 0 radical (unpaired) electrons. The van der Waals surface area contributed by atoms with E-state index in [0.717, 1.165) is 0 Å². The molecule has 1 heterocycles. The molecule has 1 saturated heterocycles. The third-order valence-electron chi connectivity index (χ3n) is 5.56. The van der Waals surface area contributed by atoms with Gasteiger partial charge in [0, 0.05) is 31.9 Å². The number of benzene rings is 2. The van der Waals surface area contributed by atoms with Crippen LogP contribution in [0, 0.1) is 6.92 Å². The van der Waals surface area contributed by atoms with Crippen molar-refractivity contribution >= 4 is 43.2 Å². The van der Waals surface area contributed by atoms with Gasteiger partial charge in [-0.3, -0.25) is 4.79 Å². The SMILES string of the molecule is CCN(CC)S(=O)(=O)c1ccc(Cl)c(C(=O)Nc2ccc(C)c(S(=O)(=O)N3CCOCC3)c2)c1. The number of nitrogens with one attached hydrogen (secondary N) is 1. The van der Waals surface area contributed by atoms with E-state index in [4.69, 9.17) is 16.3 Å². The summed E-state index contributed by atoms with van der Waals surface area (Å²) < 4.78 is 59.8. The van der Waals surface area contributed by atoms with Gasteiger partial charge in [0.1, 0.15) is 0 Å². The van der Waals surface area contributed by atoms with Gasteiger partial charge in [-0.05, 0) is 42.8 Å². The van der Waals surface area contributed by atoms with Gasteiger partial charge in [-0.15, -0.1) is 0 Å². The Morgan fingerprint density at radius 2 is 1.71 bits per heavy atom. The molecule has 0 saturated carbocycles. The fourth-order valence-corrected chi connectivity index (χ4v) is 6.98. The van der Waals surface area contributed by atoms with Crippen molar-refractivity contribution < 1.29 is 26.4 Å². The van der Waals surface area contributed by atoms with Crippen LogP contribution in [-0.4, -0.2) is 70.7 Å². The van der Waals surface area contributed by atoms with Gasteiger partial charge < -0.3 is 10.1 Å². The highest BCUT2D eigenvalue weighted by Gasteiger charge is 2.28. The minimum absolute atomic E-state index is 0.0342. The maximum absolute atomic E-state index is 13.1. The summed E-state index contributed by atoms with van der Waals surface area (Å²) in [4.78, 5) is 13.0. The van der Waals surface area contributed by atoms with Crippen LogP contribution in [0.15, 0.2) is 46.2 Å². The zero-order chi connectivity index (χ0) is 25.1. The number of morpholine rings is 1. The zero-order valence-corrected chi connectivity index (χ0v) is 21.6. The first-order valence-electron chi connectivity index (χ1n) is 10.8. The molecular weight excluding hydrogens is 502 g/mol. The number of rotatable bonds is 8. The lowest BCUT2D eigenvalue weighted by Crippen LogP contribution is -2.40. The minimum atomic E-state index is -3.79. The number of hydrogen-bond acceptors (Lipinski definition) is 6. The highest BCUT2D eigenvalue weighted by atomic mass is 35.5. The summed E-state index contributed by atoms with van der Waals surface area (Å²) in [7, 11) is -7.57. The van der Waals surface area contributed by atoms with E-state index >= 15 is 0 Å². The van der Waals surface area contributed by atoms with Gasteiger partial charge in [-0.25, -0.2) is 16.8 Å². The molecule has 1 aliphatic heterocycles. The van der Waals surface area contributed by atoms with Crippen LogP contribution in [0.3, 0.4) is 0 Å². The molecule has 1 fully saturated rings. The number of halogens is 1. The first kappa shape index (κ1) is 26.6. The molecule has 1 aliphatic rings. The zero-order valence-electron chi connectivity index (χ0n) is 19.2. The van der Waals surface area contributed by atoms with E-state index in [0.29, 0.717) is 18.8 Å². The Morgan fingerprint density at radius 1 is 1.06 bits per heavy atom. The summed E-state index contributed by atoms with van der Waals surface area (Å²) >= 11 is 6.20. The standard InChI is InChI=1S/C22H28ClN3O6S2/c1-4-25(5-2)33(28,29)18-8-9-20(23)19(15-18)22(27)24-17-7-6-16(3)21(14-17)34(30,31)26-10-12-32-13-11-26/h6-9,14-15H,4-5,10-13H2,1-3H3,(H,24,27). The summed E-state index contributed by atoms with van der Waals surface area (Å²) in [5.74, 6) is -0.653. The lowest BCUT2D eigenvalue weighted by molar-refractivity contribution is 0.0730. The van der Waals surface area contributed by atoms with Crippen LogP contribution >= 0.6 is 11.6 Å². The number of anilines is 1. The number of nitrogens with zero attached hydrogens (tertiary/aromatic N) is 2. The van der Waals surface area contributed by atoms with Crippen molar-refractivity contribution in [3.05, 3.63) is 52.5 Å². The molecule has 12 heteroatoms. The van der Waals surface area contributed by atoms with Crippen molar-refractivity contribution in [1.82, 2.24) is 8.61 Å². The molecule has 3 rings (SSSR count). The number of carbonyl (C=O) groups is 1. The van der Waals surface area contributed by atoms with E-state index in [2.05, 4.69) is 5.32 Å². The van der Waals surface area contributed by atoms with Crippen molar-refractivity contribution in [2.45, 2.75) is 30.6 Å². The fourth-order valence-electron chi connectivity index (χ4n) is 3.63. The number of sulfonamides is 2. The largest absolute Gasteiger partial charge is 0.379 e. The summed E-state index contributed by atoms with van der Waals surface area (Å²) in [5.41, 5.74) is 0.749. The lowest BCUT2D eigenvalue weighted by Gasteiger charge is -2.26. The number of hydrogen-bond donors (Lipinski definition) is 1. The Labute approximate surface area is 205 Å². The van der Waals surface area contributed by atoms with Crippen LogP contribution in [-0.2, 0) is 24.8 Å². The van der Waals surface area contributed by atoms with Crippen molar-refractivity contribution in [1.29, 1.82) is 0 Å². The number of ether oxygens (including phenoxy) is 1. The molecule has 0 spiro atoms. The van der Waals surface area contributed by atoms with Crippen molar-refractivity contribution in [3.8, 4) is 0 Å². The first-order chi connectivity index (χ1) is 16.0. The number of aryl methyl sites for hydroxylation is 1. The van der Waals surface area contributed by atoms with E-state index in [9.17, 15) is 21.6 Å². The van der Waals surface area contributed by atoms with Crippen LogP contribution in [0.5, 0.6) is 0 Å². The Hall–Kier alpha value is -2.02. The molecule has 9 nitrogen and oxygen atoms in total. The molecule has 1 N–H and O–H groups in total. The van der Waals surface area contributed by atoms with Gasteiger partial charge in [0.25, 0.3) is 5.91 Å². The van der Waals surface area contributed by atoms with Gasteiger partial charge in [-0.2, -0.15) is 8.61 Å². The molecule has 1 amide bonds. The average Bonchev–Trinajstić information content (AvgIpc) is 2.81. The van der Waals surface area contributed by atoms with Gasteiger partial charge in [0.05, 0.1) is 33.6 Å². The second kappa shape index (κ2) is 10.7. The number of amides is 1. The van der Waals surface area contributed by atoms with E-state index in [1.807, 2.05) is 0 Å². The van der Waals surface area contributed by atoms with E-state index in [-0.39, 0.29) is 52.2 Å². The van der Waals surface area contributed by atoms with Crippen molar-refractivity contribution in [2.24, 2.45) is 0 Å². The topological polar surface area (TPSA) is 113 Å². The molecule has 2 aromatic rings. The van der Waals surface area contributed by atoms with Gasteiger partial charge in [0.15, 0.2) is 0 Å². The average molecular weight is 530 g/mol. The molecule has 0 bridgehead atoms. The predicted molar refractivity (Wildman–Crippen MR) is 130 cm³/mol. The van der Waals surface area contributed by atoms with E-state index in [1.54, 1.807) is 32.9 Å². The van der Waals surface area contributed by atoms with Crippen LogP contribution in [0.1, 0.15) is 29.8 Å². The molecule has 34 heavy (non-hydrogen) atoms. The predicted octanol–water partition coefficient (Wildman–Crippen LogP) is 2.95. The molecule has 186 valence electrons. The highest BCUT2D eigenvalue weighted by molar-refractivity contribution is 7.89. The summed E-state index contributed by atoms with van der Waals surface area (Å²) in [6, 6.07) is 8.51. The summed E-state index contributed by atoms with van der Waals surface area (Å²) in [5, 5.41) is 2.71. The third-order valence-corrected chi connectivity index (χ3v) is 9.98. The van der Waals surface area contributed by atoms with E-state index < -0.39 is 26.0 Å². The molecule has 0 aromatic heterocycles. The Bertz CT molecular complexity index is 1270. The molecule has 0 unspecified atom stereocenters. The maximum Gasteiger partial charge on any atom is 0.257 e. The molecule has 2 aromatic carbocycles. The Kier molecular flexibility index (Phi) is 8.38. The van der Waals surface area contributed by atoms with Gasteiger partial charge >= 0.3 is 0 Å². The van der Waals surface area contributed by atoms with Crippen molar-refractivity contribution in [3.63, 3.8) is 0 Å². The van der Waals surface area contributed by atoms with Crippen molar-refractivity contribution in [2.75, 3.05) is 44.7 Å². The van der Waals surface area contributed by atoms with Crippen LogP contribution in [0.4, 0.5) is 5.69 Å². The van der Waals surface area contributed by atoms with Gasteiger partial charge in [-0.1, -0.05) is 31.5 Å². The van der Waals surface area contributed by atoms with Crippen LogP contribution in [0.25, 0.3) is 0 Å². The number of carbonyl (C=O) groups excluding carboxylic acids is 1. The quantitative estimate of drug-likeness (QED) is 0.562. The third kappa shape index (κ3) is 5.45.